The number of hydrogen-bond acceptors (Lipinski definition) is 3. The summed E-state index contributed by atoms with van der Waals surface area (Å²) in [6.45, 7) is 2.01. The van der Waals surface area contributed by atoms with Gasteiger partial charge in [-0.3, -0.25) is 4.79 Å². The fraction of sp³-hybridized carbons (Fsp3) is 0.300. The summed E-state index contributed by atoms with van der Waals surface area (Å²) in [6, 6.07) is 6.96. The first-order valence-corrected chi connectivity index (χ1v) is 4.40. The van der Waals surface area contributed by atoms with Gasteiger partial charge < -0.3 is 15.2 Å². The van der Waals surface area contributed by atoms with Gasteiger partial charge in [-0.25, -0.2) is 0 Å². The first-order valence-electron chi connectivity index (χ1n) is 4.40. The Morgan fingerprint density at radius 1 is 1.43 bits per heavy atom. The van der Waals surface area contributed by atoms with Gasteiger partial charge in [-0.15, -0.1) is 0 Å². The van der Waals surface area contributed by atoms with Crippen LogP contribution in [0.1, 0.15) is 6.92 Å². The Morgan fingerprint density at radius 2 is 2.07 bits per heavy atom. The zero-order valence-corrected chi connectivity index (χ0v) is 7.99. The SMILES string of the molecule is CCOc1ccc(NC(=O)CO)cc1. The molecule has 76 valence electrons. The van der Waals surface area contributed by atoms with E-state index < -0.39 is 12.5 Å². The minimum absolute atomic E-state index is 0.422. The first-order chi connectivity index (χ1) is 6.76. The molecule has 0 aliphatic heterocycles. The Morgan fingerprint density at radius 3 is 2.57 bits per heavy atom. The third kappa shape index (κ3) is 3.06. The lowest BCUT2D eigenvalue weighted by molar-refractivity contribution is -0.118. The van der Waals surface area contributed by atoms with Gasteiger partial charge in [-0.2, -0.15) is 0 Å². The summed E-state index contributed by atoms with van der Waals surface area (Å²) in [5, 5.41) is 11.0. The van der Waals surface area contributed by atoms with Crippen molar-refractivity contribution >= 4 is 11.6 Å². The summed E-state index contributed by atoms with van der Waals surface area (Å²) in [6.07, 6.45) is 0. The molecule has 2 N–H and O–H groups in total. The minimum atomic E-state index is -0.507. The number of aliphatic hydroxyl groups is 1. The fourth-order valence-electron chi connectivity index (χ4n) is 1.00. The van der Waals surface area contributed by atoms with Crippen LogP contribution in [0.4, 0.5) is 5.69 Å². The summed E-state index contributed by atoms with van der Waals surface area (Å²) in [7, 11) is 0. The van der Waals surface area contributed by atoms with Crippen LogP contribution in [-0.4, -0.2) is 24.2 Å². The highest BCUT2D eigenvalue weighted by molar-refractivity contribution is 5.91. The van der Waals surface area contributed by atoms with Crippen molar-refractivity contribution in [1.82, 2.24) is 0 Å². The summed E-state index contributed by atoms with van der Waals surface area (Å²) in [5.74, 6) is 0.337. The minimum Gasteiger partial charge on any atom is -0.494 e. The molecule has 0 spiro atoms. The zero-order chi connectivity index (χ0) is 10.4. The van der Waals surface area contributed by atoms with Crippen LogP contribution in [-0.2, 0) is 4.79 Å². The van der Waals surface area contributed by atoms with Crippen molar-refractivity contribution in [2.75, 3.05) is 18.5 Å². The number of anilines is 1. The number of carbonyl (C=O) groups excluding carboxylic acids is 1. The molecule has 0 unspecified atom stereocenters. The standard InChI is InChI=1S/C10H13NO3/c1-2-14-9-5-3-8(4-6-9)11-10(13)7-12/h3-6,12H,2,7H2,1H3,(H,11,13). The predicted molar refractivity (Wildman–Crippen MR) is 53.3 cm³/mol. The van der Waals surface area contributed by atoms with Crippen molar-refractivity contribution in [3.05, 3.63) is 24.3 Å². The van der Waals surface area contributed by atoms with Crippen molar-refractivity contribution in [2.45, 2.75) is 6.92 Å². The third-order valence-electron chi connectivity index (χ3n) is 1.59. The molecule has 0 bridgehead atoms. The Balaban J connectivity index is 2.59. The van der Waals surface area contributed by atoms with E-state index in [0.29, 0.717) is 12.3 Å². The molecular weight excluding hydrogens is 182 g/mol. The highest BCUT2D eigenvalue weighted by Crippen LogP contribution is 2.15. The monoisotopic (exact) mass is 195 g/mol. The maximum atomic E-state index is 10.8. The number of amides is 1. The number of rotatable bonds is 4. The van der Waals surface area contributed by atoms with Gasteiger partial charge in [0.1, 0.15) is 12.4 Å². The normalized spacial score (nSPS) is 9.57. The molecule has 0 fully saturated rings. The number of carbonyl (C=O) groups is 1. The molecule has 4 nitrogen and oxygen atoms in total. The lowest BCUT2D eigenvalue weighted by Crippen LogP contribution is -2.15. The molecule has 4 heteroatoms. The average molecular weight is 195 g/mol. The summed E-state index contributed by atoms with van der Waals surface area (Å²) in [4.78, 5) is 10.8. The molecule has 14 heavy (non-hydrogen) atoms. The van der Waals surface area contributed by atoms with Gasteiger partial charge in [-0.05, 0) is 31.2 Å². The van der Waals surface area contributed by atoms with E-state index in [4.69, 9.17) is 9.84 Å². The van der Waals surface area contributed by atoms with Gasteiger partial charge in [-0.1, -0.05) is 0 Å². The number of nitrogens with one attached hydrogen (secondary N) is 1. The van der Waals surface area contributed by atoms with E-state index in [1.54, 1.807) is 24.3 Å². The highest BCUT2D eigenvalue weighted by Gasteiger charge is 1.99. The molecule has 0 heterocycles. The van der Waals surface area contributed by atoms with Gasteiger partial charge in [0.25, 0.3) is 0 Å². The van der Waals surface area contributed by atoms with Gasteiger partial charge in [0, 0.05) is 5.69 Å². The van der Waals surface area contributed by atoms with E-state index in [9.17, 15) is 4.79 Å². The van der Waals surface area contributed by atoms with Crippen molar-refractivity contribution in [3.8, 4) is 5.75 Å². The molecule has 0 saturated carbocycles. The molecule has 1 aromatic rings. The van der Waals surface area contributed by atoms with E-state index >= 15 is 0 Å². The zero-order valence-electron chi connectivity index (χ0n) is 7.99. The number of aliphatic hydroxyl groups excluding tert-OH is 1. The van der Waals surface area contributed by atoms with Crippen LogP contribution in [0.2, 0.25) is 0 Å². The van der Waals surface area contributed by atoms with Crippen LogP contribution in [0.25, 0.3) is 0 Å². The number of ether oxygens (including phenoxy) is 1. The maximum Gasteiger partial charge on any atom is 0.250 e. The van der Waals surface area contributed by atoms with Gasteiger partial charge in [0.15, 0.2) is 0 Å². The van der Waals surface area contributed by atoms with E-state index in [1.807, 2.05) is 6.92 Å². The fourth-order valence-corrected chi connectivity index (χ4v) is 1.00. The van der Waals surface area contributed by atoms with Crippen molar-refractivity contribution < 1.29 is 14.6 Å². The molecule has 1 aromatic carbocycles. The van der Waals surface area contributed by atoms with Crippen LogP contribution in [0, 0.1) is 0 Å². The summed E-state index contributed by atoms with van der Waals surface area (Å²) in [5.41, 5.74) is 0.646. The van der Waals surface area contributed by atoms with Gasteiger partial charge >= 0.3 is 0 Å². The molecule has 0 aliphatic rings. The second-order valence-electron chi connectivity index (χ2n) is 2.66. The van der Waals surface area contributed by atoms with Crippen LogP contribution in [0.15, 0.2) is 24.3 Å². The van der Waals surface area contributed by atoms with Crippen LogP contribution in [0.5, 0.6) is 5.75 Å². The van der Waals surface area contributed by atoms with Crippen molar-refractivity contribution in [3.63, 3.8) is 0 Å². The predicted octanol–water partition coefficient (Wildman–Crippen LogP) is 1.02. The quantitative estimate of drug-likeness (QED) is 0.754. The number of benzene rings is 1. The summed E-state index contributed by atoms with van der Waals surface area (Å²) >= 11 is 0. The van der Waals surface area contributed by atoms with E-state index in [1.165, 1.54) is 0 Å². The molecular formula is C10H13NO3. The second-order valence-corrected chi connectivity index (χ2v) is 2.66. The van der Waals surface area contributed by atoms with E-state index in [2.05, 4.69) is 5.32 Å². The van der Waals surface area contributed by atoms with Crippen LogP contribution in [0.3, 0.4) is 0 Å². The molecule has 0 aliphatic carbocycles. The molecule has 0 atom stereocenters. The average Bonchev–Trinajstić information content (AvgIpc) is 2.21. The van der Waals surface area contributed by atoms with Gasteiger partial charge in [0.05, 0.1) is 6.61 Å². The Bertz CT molecular complexity index is 295. The van der Waals surface area contributed by atoms with Crippen molar-refractivity contribution in [2.24, 2.45) is 0 Å². The topological polar surface area (TPSA) is 58.6 Å². The Labute approximate surface area is 82.5 Å². The van der Waals surface area contributed by atoms with Gasteiger partial charge in [0.2, 0.25) is 5.91 Å². The van der Waals surface area contributed by atoms with E-state index in [0.717, 1.165) is 5.75 Å². The first kappa shape index (κ1) is 10.5. The maximum absolute atomic E-state index is 10.8. The molecule has 0 radical (unpaired) electrons. The van der Waals surface area contributed by atoms with E-state index in [-0.39, 0.29) is 0 Å². The van der Waals surface area contributed by atoms with Crippen LogP contribution < -0.4 is 10.1 Å². The Kier molecular flexibility index (Phi) is 3.94. The third-order valence-corrected chi connectivity index (χ3v) is 1.59. The smallest absolute Gasteiger partial charge is 0.250 e. The second kappa shape index (κ2) is 5.24. The Hall–Kier alpha value is -1.55. The molecule has 0 saturated heterocycles. The molecule has 1 amide bonds. The number of hydrogen-bond donors (Lipinski definition) is 2. The summed E-state index contributed by atoms with van der Waals surface area (Å²) < 4.78 is 5.23. The van der Waals surface area contributed by atoms with Crippen molar-refractivity contribution in [1.29, 1.82) is 0 Å². The molecule has 0 aromatic heterocycles. The largest absolute Gasteiger partial charge is 0.494 e. The van der Waals surface area contributed by atoms with Crippen LogP contribution >= 0.6 is 0 Å². The molecule has 1 rings (SSSR count). The lowest BCUT2D eigenvalue weighted by Gasteiger charge is -2.05. The lowest BCUT2D eigenvalue weighted by atomic mass is 10.3. The highest BCUT2D eigenvalue weighted by atomic mass is 16.5.